The van der Waals surface area contributed by atoms with Crippen molar-refractivity contribution in [1.82, 2.24) is 4.90 Å². The van der Waals surface area contributed by atoms with Gasteiger partial charge in [-0.1, -0.05) is 11.8 Å². The third-order valence-electron chi connectivity index (χ3n) is 2.60. The Kier molecular flexibility index (Phi) is 3.29. The van der Waals surface area contributed by atoms with Crippen LogP contribution in [-0.4, -0.2) is 17.4 Å². The van der Waals surface area contributed by atoms with Gasteiger partial charge in [-0.25, -0.2) is 4.39 Å². The summed E-state index contributed by atoms with van der Waals surface area (Å²) in [6.45, 7) is 0. The standard InChI is InChI=1S/C11H10F4N2S/c1-17-9(5-18-10(17)16)6-2-7(11(13,14)15)4-8(12)3-6/h2-5,10H,16H2,1H3. The molecule has 0 aromatic heterocycles. The van der Waals surface area contributed by atoms with Gasteiger partial charge < -0.3 is 10.6 Å². The molecule has 18 heavy (non-hydrogen) atoms. The second-order valence-electron chi connectivity index (χ2n) is 3.87. The fraction of sp³-hybridized carbons (Fsp3) is 0.273. The minimum atomic E-state index is -4.57. The number of benzene rings is 1. The number of rotatable bonds is 1. The lowest BCUT2D eigenvalue weighted by Crippen LogP contribution is -2.31. The Bertz CT molecular complexity index is 498. The van der Waals surface area contributed by atoms with Gasteiger partial charge in [0.1, 0.15) is 11.3 Å². The van der Waals surface area contributed by atoms with Crippen LogP contribution < -0.4 is 5.73 Å². The molecule has 0 aliphatic carbocycles. The maximum Gasteiger partial charge on any atom is 0.416 e. The number of alkyl halides is 3. The predicted molar refractivity (Wildman–Crippen MR) is 62.7 cm³/mol. The number of nitrogens with zero attached hydrogens (tertiary/aromatic N) is 1. The minimum Gasteiger partial charge on any atom is -0.349 e. The molecule has 0 bridgehead atoms. The van der Waals surface area contributed by atoms with E-state index in [0.717, 1.165) is 12.1 Å². The molecule has 7 heteroatoms. The molecule has 1 heterocycles. The first kappa shape index (κ1) is 13.2. The van der Waals surface area contributed by atoms with E-state index >= 15 is 0 Å². The first-order chi connectivity index (χ1) is 8.29. The van der Waals surface area contributed by atoms with Crippen LogP contribution in [0.1, 0.15) is 11.1 Å². The van der Waals surface area contributed by atoms with Gasteiger partial charge in [0.2, 0.25) is 0 Å². The zero-order valence-electron chi connectivity index (χ0n) is 9.33. The molecule has 1 aliphatic heterocycles. The summed E-state index contributed by atoms with van der Waals surface area (Å²) < 4.78 is 51.0. The molecular formula is C11H10F4N2S. The normalized spacial score (nSPS) is 20.2. The molecule has 0 amide bonds. The number of nitrogens with two attached hydrogens (primary N) is 1. The van der Waals surface area contributed by atoms with E-state index in [0.29, 0.717) is 11.8 Å². The molecule has 0 saturated heterocycles. The van der Waals surface area contributed by atoms with Gasteiger partial charge in [0, 0.05) is 12.6 Å². The molecule has 0 radical (unpaired) electrons. The SMILES string of the molecule is CN1C(c2cc(F)cc(C(F)(F)F)c2)=CSC1N. The highest BCUT2D eigenvalue weighted by Crippen LogP contribution is 2.36. The maximum absolute atomic E-state index is 13.3. The number of thioether (sulfide) groups is 1. The lowest BCUT2D eigenvalue weighted by molar-refractivity contribution is -0.137. The molecule has 2 N–H and O–H groups in total. The molecule has 2 rings (SSSR count). The van der Waals surface area contributed by atoms with Crippen molar-refractivity contribution in [3.8, 4) is 0 Å². The van der Waals surface area contributed by atoms with Crippen molar-refractivity contribution in [1.29, 1.82) is 0 Å². The topological polar surface area (TPSA) is 29.3 Å². The molecule has 1 atom stereocenters. The first-order valence-electron chi connectivity index (χ1n) is 5.01. The van der Waals surface area contributed by atoms with Crippen LogP contribution >= 0.6 is 11.8 Å². The van der Waals surface area contributed by atoms with Gasteiger partial charge in [-0.3, -0.25) is 0 Å². The number of halogens is 4. The van der Waals surface area contributed by atoms with Crippen LogP contribution in [0.15, 0.2) is 23.6 Å². The van der Waals surface area contributed by atoms with Crippen LogP contribution in [0.4, 0.5) is 17.6 Å². The molecule has 1 aliphatic rings. The number of hydrogen-bond acceptors (Lipinski definition) is 3. The first-order valence-corrected chi connectivity index (χ1v) is 5.95. The van der Waals surface area contributed by atoms with Crippen LogP contribution in [0.3, 0.4) is 0 Å². The number of hydrogen-bond donors (Lipinski definition) is 1. The minimum absolute atomic E-state index is 0.172. The van der Waals surface area contributed by atoms with Gasteiger partial charge in [-0.2, -0.15) is 13.2 Å². The summed E-state index contributed by atoms with van der Waals surface area (Å²) in [5, 5.41) is 1.62. The fourth-order valence-corrected chi connectivity index (χ4v) is 2.49. The molecule has 1 aromatic carbocycles. The molecular weight excluding hydrogens is 268 g/mol. The summed E-state index contributed by atoms with van der Waals surface area (Å²) >= 11 is 1.27. The third-order valence-corrected chi connectivity index (χ3v) is 3.56. The molecule has 0 saturated carbocycles. The molecule has 1 aromatic rings. The highest BCUT2D eigenvalue weighted by Gasteiger charge is 2.32. The van der Waals surface area contributed by atoms with E-state index in [-0.39, 0.29) is 11.1 Å². The zero-order valence-corrected chi connectivity index (χ0v) is 10.1. The maximum atomic E-state index is 13.3. The summed E-state index contributed by atoms with van der Waals surface area (Å²) in [5.74, 6) is -0.917. The van der Waals surface area contributed by atoms with Crippen molar-refractivity contribution in [3.63, 3.8) is 0 Å². The smallest absolute Gasteiger partial charge is 0.349 e. The van der Waals surface area contributed by atoms with Gasteiger partial charge >= 0.3 is 6.18 Å². The Morgan fingerprint density at radius 2 is 1.94 bits per heavy atom. The summed E-state index contributed by atoms with van der Waals surface area (Å²) in [6, 6.07) is 2.46. The van der Waals surface area contributed by atoms with E-state index in [1.165, 1.54) is 11.8 Å². The van der Waals surface area contributed by atoms with Crippen molar-refractivity contribution < 1.29 is 17.6 Å². The van der Waals surface area contributed by atoms with Crippen LogP contribution in [-0.2, 0) is 6.18 Å². The lowest BCUT2D eigenvalue weighted by atomic mass is 10.1. The summed E-state index contributed by atoms with van der Waals surface area (Å²) in [5.41, 5.74) is 4.98. The molecule has 0 fully saturated rings. The van der Waals surface area contributed by atoms with Gasteiger partial charge in [-0.05, 0) is 23.6 Å². The Morgan fingerprint density at radius 1 is 1.28 bits per heavy atom. The quantitative estimate of drug-likeness (QED) is 0.801. The average molecular weight is 278 g/mol. The Balaban J connectivity index is 2.44. The van der Waals surface area contributed by atoms with Crippen molar-refractivity contribution in [2.75, 3.05) is 7.05 Å². The molecule has 98 valence electrons. The monoisotopic (exact) mass is 278 g/mol. The summed E-state index contributed by atoms with van der Waals surface area (Å²) in [4.78, 5) is 1.60. The van der Waals surface area contributed by atoms with E-state index in [1.54, 1.807) is 17.4 Å². The molecule has 1 unspecified atom stereocenters. The van der Waals surface area contributed by atoms with Crippen molar-refractivity contribution in [2.24, 2.45) is 5.73 Å². The van der Waals surface area contributed by atoms with Crippen molar-refractivity contribution >= 4 is 17.5 Å². The van der Waals surface area contributed by atoms with E-state index in [1.807, 2.05) is 0 Å². The van der Waals surface area contributed by atoms with Crippen LogP contribution in [0, 0.1) is 5.82 Å². The summed E-state index contributed by atoms with van der Waals surface area (Å²) in [6.07, 6.45) is -4.57. The van der Waals surface area contributed by atoms with Crippen molar-refractivity contribution in [2.45, 2.75) is 11.7 Å². The van der Waals surface area contributed by atoms with Crippen LogP contribution in [0.5, 0.6) is 0 Å². The van der Waals surface area contributed by atoms with E-state index in [2.05, 4.69) is 0 Å². The summed E-state index contributed by atoms with van der Waals surface area (Å²) in [7, 11) is 1.65. The average Bonchev–Trinajstić information content (AvgIpc) is 2.58. The Labute approximate surface area is 105 Å². The van der Waals surface area contributed by atoms with Gasteiger partial charge in [0.05, 0.1) is 11.3 Å². The highest BCUT2D eigenvalue weighted by molar-refractivity contribution is 8.03. The zero-order chi connectivity index (χ0) is 13.5. The van der Waals surface area contributed by atoms with E-state index < -0.39 is 17.6 Å². The lowest BCUT2D eigenvalue weighted by Gasteiger charge is -2.21. The van der Waals surface area contributed by atoms with Gasteiger partial charge in [0.25, 0.3) is 0 Å². The fourth-order valence-electron chi connectivity index (χ4n) is 1.62. The highest BCUT2D eigenvalue weighted by atomic mass is 32.2. The molecule has 0 spiro atoms. The van der Waals surface area contributed by atoms with Crippen LogP contribution in [0.2, 0.25) is 0 Å². The van der Waals surface area contributed by atoms with E-state index in [9.17, 15) is 17.6 Å². The largest absolute Gasteiger partial charge is 0.416 e. The van der Waals surface area contributed by atoms with Gasteiger partial charge in [0.15, 0.2) is 0 Å². The Hall–Kier alpha value is -1.21. The second-order valence-corrected chi connectivity index (χ2v) is 4.86. The van der Waals surface area contributed by atoms with E-state index in [4.69, 9.17) is 5.73 Å². The Morgan fingerprint density at radius 3 is 2.44 bits per heavy atom. The molecule has 2 nitrogen and oxygen atoms in total. The van der Waals surface area contributed by atoms with Crippen molar-refractivity contribution in [3.05, 3.63) is 40.6 Å². The van der Waals surface area contributed by atoms with Gasteiger partial charge in [-0.15, -0.1) is 0 Å². The second kappa shape index (κ2) is 4.47. The predicted octanol–water partition coefficient (Wildman–Crippen LogP) is 3.06. The third kappa shape index (κ3) is 2.46. The van der Waals surface area contributed by atoms with Crippen LogP contribution in [0.25, 0.3) is 5.70 Å².